The molecule has 0 bridgehead atoms. The zero-order chi connectivity index (χ0) is 12.3. The molecule has 1 aliphatic carbocycles. The summed E-state index contributed by atoms with van der Waals surface area (Å²) in [6, 6.07) is -0.0596. The van der Waals surface area contributed by atoms with Gasteiger partial charge in [-0.25, -0.2) is 0 Å². The minimum absolute atomic E-state index is 0.0596. The van der Waals surface area contributed by atoms with E-state index < -0.39 is 11.6 Å². The van der Waals surface area contributed by atoms with Crippen LogP contribution in [-0.2, 0) is 4.79 Å². The SMILES string of the molecule is CCC(C)(N)C(=O)N(C)C1CCCCC1O. The summed E-state index contributed by atoms with van der Waals surface area (Å²) in [4.78, 5) is 13.8. The quantitative estimate of drug-likeness (QED) is 0.753. The van der Waals surface area contributed by atoms with E-state index in [9.17, 15) is 9.90 Å². The number of likely N-dealkylation sites (N-methyl/N-ethyl adjacent to an activating group) is 1. The molecule has 1 saturated carbocycles. The van der Waals surface area contributed by atoms with Gasteiger partial charge in [-0.3, -0.25) is 4.79 Å². The lowest BCUT2D eigenvalue weighted by molar-refractivity contribution is -0.140. The number of carbonyl (C=O) groups excluding carboxylic acids is 1. The van der Waals surface area contributed by atoms with Gasteiger partial charge in [-0.1, -0.05) is 19.8 Å². The smallest absolute Gasteiger partial charge is 0.242 e. The fourth-order valence-electron chi connectivity index (χ4n) is 2.25. The van der Waals surface area contributed by atoms with Gasteiger partial charge in [-0.15, -0.1) is 0 Å². The van der Waals surface area contributed by atoms with Crippen molar-refractivity contribution in [2.45, 2.75) is 63.6 Å². The zero-order valence-electron chi connectivity index (χ0n) is 10.6. The van der Waals surface area contributed by atoms with Crippen LogP contribution in [0.15, 0.2) is 0 Å². The molecule has 4 heteroatoms. The van der Waals surface area contributed by atoms with Crippen LogP contribution in [0.4, 0.5) is 0 Å². The van der Waals surface area contributed by atoms with E-state index in [0.717, 1.165) is 25.7 Å². The monoisotopic (exact) mass is 228 g/mol. The average molecular weight is 228 g/mol. The first kappa shape index (κ1) is 13.5. The number of aliphatic hydroxyl groups is 1. The highest BCUT2D eigenvalue weighted by molar-refractivity contribution is 5.85. The highest BCUT2D eigenvalue weighted by atomic mass is 16.3. The molecular formula is C12H24N2O2. The minimum Gasteiger partial charge on any atom is -0.391 e. The van der Waals surface area contributed by atoms with Gasteiger partial charge in [-0.05, 0) is 26.2 Å². The molecule has 0 aromatic heterocycles. The second-order valence-corrected chi connectivity index (χ2v) is 5.11. The maximum atomic E-state index is 12.1. The minimum atomic E-state index is -0.814. The van der Waals surface area contributed by atoms with Crippen molar-refractivity contribution in [3.8, 4) is 0 Å². The largest absolute Gasteiger partial charge is 0.391 e. The summed E-state index contributed by atoms with van der Waals surface area (Å²) in [5.74, 6) is -0.0686. The summed E-state index contributed by atoms with van der Waals surface area (Å²) >= 11 is 0. The Kier molecular flexibility index (Phi) is 4.33. The first-order valence-corrected chi connectivity index (χ1v) is 6.14. The molecule has 0 aromatic carbocycles. The third kappa shape index (κ3) is 2.74. The standard InChI is InChI=1S/C12H24N2O2/c1-4-12(2,13)11(16)14(3)9-7-5-6-8-10(9)15/h9-10,15H,4-8,13H2,1-3H3. The molecule has 1 fully saturated rings. The molecule has 0 saturated heterocycles. The molecule has 0 aromatic rings. The van der Waals surface area contributed by atoms with E-state index >= 15 is 0 Å². The second kappa shape index (κ2) is 5.15. The third-order valence-corrected chi connectivity index (χ3v) is 3.73. The van der Waals surface area contributed by atoms with Gasteiger partial charge in [0.2, 0.25) is 5.91 Å². The maximum absolute atomic E-state index is 12.1. The van der Waals surface area contributed by atoms with Crippen molar-refractivity contribution < 1.29 is 9.90 Å². The Morgan fingerprint density at radius 1 is 1.50 bits per heavy atom. The highest BCUT2D eigenvalue weighted by Crippen LogP contribution is 2.24. The molecular weight excluding hydrogens is 204 g/mol. The summed E-state index contributed by atoms with van der Waals surface area (Å²) in [5.41, 5.74) is 5.13. The number of amides is 1. The Hall–Kier alpha value is -0.610. The molecule has 1 aliphatic rings. The highest BCUT2D eigenvalue weighted by Gasteiger charge is 2.35. The van der Waals surface area contributed by atoms with Crippen LogP contribution < -0.4 is 5.73 Å². The van der Waals surface area contributed by atoms with E-state index in [1.807, 2.05) is 6.92 Å². The Balaban J connectivity index is 2.69. The molecule has 3 unspecified atom stereocenters. The van der Waals surface area contributed by atoms with E-state index in [1.54, 1.807) is 18.9 Å². The first-order chi connectivity index (χ1) is 7.40. The van der Waals surface area contributed by atoms with Crippen molar-refractivity contribution in [1.82, 2.24) is 4.90 Å². The van der Waals surface area contributed by atoms with Crippen molar-refractivity contribution in [1.29, 1.82) is 0 Å². The number of nitrogens with zero attached hydrogens (tertiary/aromatic N) is 1. The maximum Gasteiger partial charge on any atom is 0.242 e. The fourth-order valence-corrected chi connectivity index (χ4v) is 2.25. The lowest BCUT2D eigenvalue weighted by atomic mass is 9.89. The molecule has 3 atom stereocenters. The van der Waals surface area contributed by atoms with Gasteiger partial charge in [0.1, 0.15) is 0 Å². The molecule has 4 nitrogen and oxygen atoms in total. The van der Waals surface area contributed by atoms with E-state index in [2.05, 4.69) is 0 Å². The first-order valence-electron chi connectivity index (χ1n) is 6.14. The predicted molar refractivity (Wildman–Crippen MR) is 63.9 cm³/mol. The van der Waals surface area contributed by atoms with Gasteiger partial charge in [0.05, 0.1) is 17.7 Å². The van der Waals surface area contributed by atoms with Gasteiger partial charge in [0, 0.05) is 7.05 Å². The van der Waals surface area contributed by atoms with Gasteiger partial charge < -0.3 is 15.7 Å². The molecule has 1 amide bonds. The third-order valence-electron chi connectivity index (χ3n) is 3.73. The van der Waals surface area contributed by atoms with Crippen LogP contribution >= 0.6 is 0 Å². The number of nitrogens with two attached hydrogens (primary N) is 1. The summed E-state index contributed by atoms with van der Waals surface area (Å²) < 4.78 is 0. The molecule has 1 rings (SSSR count). The molecule has 16 heavy (non-hydrogen) atoms. The van der Waals surface area contributed by atoms with Gasteiger partial charge in [-0.2, -0.15) is 0 Å². The molecule has 0 radical (unpaired) electrons. The summed E-state index contributed by atoms with van der Waals surface area (Å²) in [6.45, 7) is 3.66. The summed E-state index contributed by atoms with van der Waals surface area (Å²) in [6.07, 6.45) is 4.01. The topological polar surface area (TPSA) is 66.6 Å². The number of carbonyl (C=O) groups is 1. The molecule has 3 N–H and O–H groups in total. The van der Waals surface area contributed by atoms with Crippen molar-refractivity contribution >= 4 is 5.91 Å². The van der Waals surface area contributed by atoms with Crippen LogP contribution in [0, 0.1) is 0 Å². The Bertz CT molecular complexity index is 253. The van der Waals surface area contributed by atoms with E-state index in [0.29, 0.717) is 6.42 Å². The molecule has 0 aliphatic heterocycles. The second-order valence-electron chi connectivity index (χ2n) is 5.11. The predicted octanol–water partition coefficient (Wildman–Crippen LogP) is 0.876. The molecule has 94 valence electrons. The van der Waals surface area contributed by atoms with Crippen LogP contribution in [0.2, 0.25) is 0 Å². The van der Waals surface area contributed by atoms with Crippen molar-refractivity contribution in [2.24, 2.45) is 5.73 Å². The Labute approximate surface area is 97.8 Å². The Morgan fingerprint density at radius 3 is 2.56 bits per heavy atom. The lowest BCUT2D eigenvalue weighted by Gasteiger charge is -2.38. The van der Waals surface area contributed by atoms with Gasteiger partial charge >= 0.3 is 0 Å². The zero-order valence-corrected chi connectivity index (χ0v) is 10.6. The normalized spacial score (nSPS) is 29.6. The summed E-state index contributed by atoms with van der Waals surface area (Å²) in [7, 11) is 1.75. The van der Waals surface area contributed by atoms with E-state index in [1.165, 1.54) is 0 Å². The Morgan fingerprint density at radius 2 is 2.06 bits per heavy atom. The fraction of sp³-hybridized carbons (Fsp3) is 0.917. The van der Waals surface area contributed by atoms with Crippen LogP contribution in [0.5, 0.6) is 0 Å². The van der Waals surface area contributed by atoms with Crippen LogP contribution in [0.25, 0.3) is 0 Å². The summed E-state index contributed by atoms with van der Waals surface area (Å²) in [5, 5.41) is 9.89. The number of rotatable bonds is 3. The lowest BCUT2D eigenvalue weighted by Crippen LogP contribution is -2.57. The van der Waals surface area contributed by atoms with Crippen LogP contribution in [0.3, 0.4) is 0 Å². The van der Waals surface area contributed by atoms with Crippen LogP contribution in [-0.4, -0.2) is 40.6 Å². The molecule has 0 spiro atoms. The number of hydrogen-bond acceptors (Lipinski definition) is 3. The van der Waals surface area contributed by atoms with Crippen molar-refractivity contribution in [2.75, 3.05) is 7.05 Å². The van der Waals surface area contributed by atoms with E-state index in [4.69, 9.17) is 5.73 Å². The number of hydrogen-bond donors (Lipinski definition) is 2. The van der Waals surface area contributed by atoms with Gasteiger partial charge in [0.25, 0.3) is 0 Å². The van der Waals surface area contributed by atoms with Crippen molar-refractivity contribution in [3.05, 3.63) is 0 Å². The number of aliphatic hydroxyl groups excluding tert-OH is 1. The van der Waals surface area contributed by atoms with Gasteiger partial charge in [0.15, 0.2) is 0 Å². The van der Waals surface area contributed by atoms with Crippen molar-refractivity contribution in [3.63, 3.8) is 0 Å². The molecule has 0 heterocycles. The average Bonchev–Trinajstić information content (AvgIpc) is 2.27. The van der Waals surface area contributed by atoms with E-state index in [-0.39, 0.29) is 11.9 Å². The van der Waals surface area contributed by atoms with Crippen LogP contribution in [0.1, 0.15) is 46.0 Å².